The standard InChI is InChI=1S/C16H23ClN2O2/c1-19(14-8-4-5-9-15(14)20)11-16(21)18-10-12-6-2-3-7-13(12)17/h2-3,6-7,14-15,20H,4-5,8-11H2,1H3,(H,18,21). The second kappa shape index (κ2) is 7.78. The number of benzene rings is 1. The summed E-state index contributed by atoms with van der Waals surface area (Å²) in [6.07, 6.45) is 3.66. The van der Waals surface area contributed by atoms with Gasteiger partial charge >= 0.3 is 0 Å². The number of halogens is 1. The van der Waals surface area contributed by atoms with Crippen molar-refractivity contribution >= 4 is 17.5 Å². The van der Waals surface area contributed by atoms with Crippen LogP contribution in [0, 0.1) is 0 Å². The maximum Gasteiger partial charge on any atom is 0.234 e. The maximum atomic E-state index is 12.0. The number of carbonyl (C=O) groups excluding carboxylic acids is 1. The van der Waals surface area contributed by atoms with Gasteiger partial charge < -0.3 is 10.4 Å². The molecule has 0 saturated heterocycles. The molecule has 0 aromatic heterocycles. The van der Waals surface area contributed by atoms with Crippen LogP contribution in [0.5, 0.6) is 0 Å². The Kier molecular flexibility index (Phi) is 6.03. The lowest BCUT2D eigenvalue weighted by Crippen LogP contribution is -2.47. The minimum atomic E-state index is -0.319. The van der Waals surface area contributed by atoms with E-state index in [0.29, 0.717) is 18.1 Å². The van der Waals surface area contributed by atoms with E-state index in [4.69, 9.17) is 11.6 Å². The Morgan fingerprint density at radius 1 is 1.38 bits per heavy atom. The molecule has 2 rings (SSSR count). The van der Waals surface area contributed by atoms with Gasteiger partial charge in [0.15, 0.2) is 0 Å². The normalized spacial score (nSPS) is 22.3. The number of likely N-dealkylation sites (N-methyl/N-ethyl adjacent to an activating group) is 1. The number of hydrogen-bond acceptors (Lipinski definition) is 3. The molecule has 1 aliphatic carbocycles. The summed E-state index contributed by atoms with van der Waals surface area (Å²) in [6.45, 7) is 0.728. The summed E-state index contributed by atoms with van der Waals surface area (Å²) in [7, 11) is 1.90. The molecule has 0 aliphatic heterocycles. The second-order valence-electron chi connectivity index (χ2n) is 5.70. The molecule has 0 spiro atoms. The van der Waals surface area contributed by atoms with Crippen LogP contribution >= 0.6 is 11.6 Å². The van der Waals surface area contributed by atoms with E-state index in [1.807, 2.05) is 36.2 Å². The minimum absolute atomic E-state index is 0.0461. The monoisotopic (exact) mass is 310 g/mol. The first-order valence-corrected chi connectivity index (χ1v) is 7.84. The fourth-order valence-corrected chi connectivity index (χ4v) is 3.04. The lowest BCUT2D eigenvalue weighted by atomic mass is 9.91. The van der Waals surface area contributed by atoms with Gasteiger partial charge in [0, 0.05) is 17.6 Å². The van der Waals surface area contributed by atoms with Gasteiger partial charge in [0.05, 0.1) is 12.6 Å². The maximum absolute atomic E-state index is 12.0. The Labute approximate surface area is 131 Å². The average molecular weight is 311 g/mol. The zero-order valence-electron chi connectivity index (χ0n) is 12.4. The summed E-state index contributed by atoms with van der Waals surface area (Å²) in [5.41, 5.74) is 0.910. The summed E-state index contributed by atoms with van der Waals surface area (Å²) < 4.78 is 0. The summed E-state index contributed by atoms with van der Waals surface area (Å²) in [4.78, 5) is 14.0. The third kappa shape index (κ3) is 4.70. The van der Waals surface area contributed by atoms with E-state index in [0.717, 1.165) is 31.2 Å². The lowest BCUT2D eigenvalue weighted by molar-refractivity contribution is -0.123. The van der Waals surface area contributed by atoms with Crippen LogP contribution in [0.1, 0.15) is 31.2 Å². The molecule has 0 radical (unpaired) electrons. The second-order valence-corrected chi connectivity index (χ2v) is 6.11. The third-order valence-electron chi connectivity index (χ3n) is 4.09. The van der Waals surface area contributed by atoms with E-state index in [-0.39, 0.29) is 18.1 Å². The smallest absolute Gasteiger partial charge is 0.234 e. The molecule has 2 unspecified atom stereocenters. The van der Waals surface area contributed by atoms with Crippen LogP contribution < -0.4 is 5.32 Å². The number of carbonyl (C=O) groups is 1. The van der Waals surface area contributed by atoms with E-state index in [1.165, 1.54) is 0 Å². The Bertz CT molecular complexity index is 481. The fraction of sp³-hybridized carbons (Fsp3) is 0.562. The molecular formula is C16H23ClN2O2. The van der Waals surface area contributed by atoms with Crippen molar-refractivity contribution in [1.29, 1.82) is 0 Å². The lowest BCUT2D eigenvalue weighted by Gasteiger charge is -2.34. The Hall–Kier alpha value is -1.10. The molecule has 1 aromatic carbocycles. The molecule has 116 valence electrons. The van der Waals surface area contributed by atoms with Crippen molar-refractivity contribution in [3.63, 3.8) is 0 Å². The quantitative estimate of drug-likeness (QED) is 0.876. The zero-order chi connectivity index (χ0) is 15.2. The van der Waals surface area contributed by atoms with Gasteiger partial charge in [-0.05, 0) is 31.5 Å². The molecule has 1 aliphatic rings. The van der Waals surface area contributed by atoms with Gasteiger partial charge in [0.2, 0.25) is 5.91 Å². The van der Waals surface area contributed by atoms with Crippen molar-refractivity contribution in [2.24, 2.45) is 0 Å². The highest BCUT2D eigenvalue weighted by atomic mass is 35.5. The van der Waals surface area contributed by atoms with Crippen LogP contribution in [-0.4, -0.2) is 41.7 Å². The highest BCUT2D eigenvalue weighted by Gasteiger charge is 2.27. The zero-order valence-corrected chi connectivity index (χ0v) is 13.1. The molecule has 1 amide bonds. The number of nitrogens with one attached hydrogen (secondary N) is 1. The number of rotatable bonds is 5. The minimum Gasteiger partial charge on any atom is -0.391 e. The van der Waals surface area contributed by atoms with E-state index in [1.54, 1.807) is 0 Å². The van der Waals surface area contributed by atoms with Crippen LogP contribution in [0.25, 0.3) is 0 Å². The van der Waals surface area contributed by atoms with Crippen LogP contribution in [0.15, 0.2) is 24.3 Å². The van der Waals surface area contributed by atoms with Crippen LogP contribution in [0.4, 0.5) is 0 Å². The van der Waals surface area contributed by atoms with Gasteiger partial charge in [-0.1, -0.05) is 42.6 Å². The molecule has 21 heavy (non-hydrogen) atoms. The summed E-state index contributed by atoms with van der Waals surface area (Å²) in [5.74, 6) is -0.0461. The third-order valence-corrected chi connectivity index (χ3v) is 4.46. The van der Waals surface area contributed by atoms with Crippen molar-refractivity contribution < 1.29 is 9.90 Å². The Balaban J connectivity index is 1.80. The van der Waals surface area contributed by atoms with Gasteiger partial charge in [0.25, 0.3) is 0 Å². The molecule has 4 nitrogen and oxygen atoms in total. The largest absolute Gasteiger partial charge is 0.391 e. The van der Waals surface area contributed by atoms with Gasteiger partial charge in [-0.25, -0.2) is 0 Å². The first kappa shape index (κ1) is 16.3. The van der Waals surface area contributed by atoms with E-state index >= 15 is 0 Å². The van der Waals surface area contributed by atoms with Crippen LogP contribution in [0.2, 0.25) is 5.02 Å². The van der Waals surface area contributed by atoms with Gasteiger partial charge in [-0.3, -0.25) is 9.69 Å². The van der Waals surface area contributed by atoms with Crippen molar-refractivity contribution in [2.45, 2.75) is 44.4 Å². The van der Waals surface area contributed by atoms with E-state index in [2.05, 4.69) is 5.32 Å². The summed E-state index contributed by atoms with van der Waals surface area (Å²) in [6, 6.07) is 7.57. The van der Waals surface area contributed by atoms with E-state index in [9.17, 15) is 9.90 Å². The summed E-state index contributed by atoms with van der Waals surface area (Å²) in [5, 5.41) is 13.5. The van der Waals surface area contributed by atoms with Crippen molar-refractivity contribution in [3.05, 3.63) is 34.9 Å². The molecule has 0 heterocycles. The highest BCUT2D eigenvalue weighted by Crippen LogP contribution is 2.22. The first-order chi connectivity index (χ1) is 10.1. The predicted molar refractivity (Wildman–Crippen MR) is 84.2 cm³/mol. The van der Waals surface area contributed by atoms with E-state index < -0.39 is 0 Å². The molecule has 1 fully saturated rings. The van der Waals surface area contributed by atoms with Gasteiger partial charge in [0.1, 0.15) is 0 Å². The van der Waals surface area contributed by atoms with Crippen LogP contribution in [-0.2, 0) is 11.3 Å². The Morgan fingerprint density at radius 3 is 2.81 bits per heavy atom. The molecule has 2 N–H and O–H groups in total. The summed E-state index contributed by atoms with van der Waals surface area (Å²) >= 11 is 6.06. The first-order valence-electron chi connectivity index (χ1n) is 7.46. The number of nitrogens with zero attached hydrogens (tertiary/aromatic N) is 1. The molecular weight excluding hydrogens is 288 g/mol. The average Bonchev–Trinajstić information content (AvgIpc) is 2.46. The molecule has 0 bridgehead atoms. The molecule has 5 heteroatoms. The Morgan fingerprint density at radius 2 is 2.10 bits per heavy atom. The molecule has 1 aromatic rings. The number of amides is 1. The van der Waals surface area contributed by atoms with Crippen molar-refractivity contribution in [3.8, 4) is 0 Å². The van der Waals surface area contributed by atoms with Crippen molar-refractivity contribution in [2.75, 3.05) is 13.6 Å². The SMILES string of the molecule is CN(CC(=O)NCc1ccccc1Cl)C1CCCCC1O. The predicted octanol–water partition coefficient (Wildman–Crippen LogP) is 2.19. The van der Waals surface area contributed by atoms with Gasteiger partial charge in [-0.15, -0.1) is 0 Å². The number of aliphatic hydroxyl groups excluding tert-OH is 1. The number of hydrogen-bond donors (Lipinski definition) is 2. The van der Waals surface area contributed by atoms with Gasteiger partial charge in [-0.2, -0.15) is 0 Å². The molecule has 2 atom stereocenters. The fourth-order valence-electron chi connectivity index (χ4n) is 2.84. The number of aliphatic hydroxyl groups is 1. The molecule has 1 saturated carbocycles. The van der Waals surface area contributed by atoms with Crippen LogP contribution in [0.3, 0.4) is 0 Å². The van der Waals surface area contributed by atoms with Crippen molar-refractivity contribution in [1.82, 2.24) is 10.2 Å². The highest BCUT2D eigenvalue weighted by molar-refractivity contribution is 6.31. The topological polar surface area (TPSA) is 52.6 Å².